The fourth-order valence-corrected chi connectivity index (χ4v) is 3.89. The van der Waals surface area contributed by atoms with Crippen LogP contribution in [0.4, 0.5) is 20.4 Å². The lowest BCUT2D eigenvalue weighted by molar-refractivity contribution is 0.281. The Hall–Kier alpha value is -3.51. The van der Waals surface area contributed by atoms with Crippen LogP contribution in [0.25, 0.3) is 11.2 Å². The molecule has 4 rings (SSSR count). The number of aromatic nitrogens is 4. The highest BCUT2D eigenvalue weighted by molar-refractivity contribution is 7.98. The molecular weight excluding hydrogens is 466 g/mol. The second kappa shape index (κ2) is 10.2. The van der Waals surface area contributed by atoms with Crippen LogP contribution >= 0.6 is 11.8 Å². The second-order valence-corrected chi connectivity index (χ2v) is 8.50. The van der Waals surface area contributed by atoms with E-state index in [9.17, 15) is 18.7 Å². The number of thioether (sulfide) groups is 1. The minimum atomic E-state index is -0.935. The summed E-state index contributed by atoms with van der Waals surface area (Å²) in [5.74, 6) is -0.0782. The van der Waals surface area contributed by atoms with Gasteiger partial charge in [-0.15, -0.1) is 0 Å². The molecule has 0 saturated carbocycles. The number of aromatic amines is 1. The second-order valence-electron chi connectivity index (χ2n) is 7.56. The Morgan fingerprint density at radius 2 is 2.00 bits per heavy atom. The van der Waals surface area contributed by atoms with Gasteiger partial charge >= 0.3 is 0 Å². The monoisotopic (exact) mass is 488 g/mol. The van der Waals surface area contributed by atoms with Crippen LogP contribution in [0.3, 0.4) is 0 Å². The summed E-state index contributed by atoms with van der Waals surface area (Å²) in [6, 6.07) is 7.18. The molecule has 0 bridgehead atoms. The normalized spacial score (nSPS) is 12.1. The number of anilines is 2. The molecule has 0 aliphatic carbocycles. The summed E-state index contributed by atoms with van der Waals surface area (Å²) in [5.41, 5.74) is 0.0996. The molecule has 1 atom stereocenters. The number of aliphatic hydroxyl groups is 1. The van der Waals surface area contributed by atoms with E-state index in [2.05, 4.69) is 30.6 Å². The molecule has 0 amide bonds. The zero-order chi connectivity index (χ0) is 24.2. The molecule has 0 radical (unpaired) electrons. The third-order valence-corrected chi connectivity index (χ3v) is 5.70. The van der Waals surface area contributed by atoms with E-state index in [1.54, 1.807) is 13.0 Å². The first-order chi connectivity index (χ1) is 16.3. The van der Waals surface area contributed by atoms with Gasteiger partial charge in [-0.1, -0.05) is 23.9 Å². The average molecular weight is 489 g/mol. The van der Waals surface area contributed by atoms with Crippen LogP contribution in [-0.2, 0) is 12.3 Å². The van der Waals surface area contributed by atoms with Crippen molar-refractivity contribution >= 4 is 34.6 Å². The first-order valence-electron chi connectivity index (χ1n) is 10.4. The predicted octanol–water partition coefficient (Wildman–Crippen LogP) is 3.59. The molecule has 4 aromatic rings. The molecule has 0 aliphatic heterocycles. The van der Waals surface area contributed by atoms with Crippen molar-refractivity contribution < 1.29 is 18.3 Å². The van der Waals surface area contributed by atoms with Crippen LogP contribution in [-0.4, -0.2) is 37.7 Å². The van der Waals surface area contributed by atoms with E-state index in [4.69, 9.17) is 4.42 Å². The Bertz CT molecular complexity index is 1380. The first-order valence-corrected chi connectivity index (χ1v) is 11.4. The van der Waals surface area contributed by atoms with Crippen molar-refractivity contribution in [2.24, 2.45) is 0 Å². The van der Waals surface area contributed by atoms with Gasteiger partial charge in [0.1, 0.15) is 11.5 Å². The van der Waals surface area contributed by atoms with Crippen LogP contribution in [0, 0.1) is 18.6 Å². The molecular formula is C22H22F2N6O3S. The van der Waals surface area contributed by atoms with Gasteiger partial charge in [0, 0.05) is 17.4 Å². The number of H-pyrrole nitrogens is 1. The molecule has 0 unspecified atom stereocenters. The Morgan fingerprint density at radius 3 is 2.74 bits per heavy atom. The molecule has 1 aromatic carbocycles. The summed E-state index contributed by atoms with van der Waals surface area (Å²) < 4.78 is 33.0. The highest BCUT2D eigenvalue weighted by Crippen LogP contribution is 2.26. The van der Waals surface area contributed by atoms with Gasteiger partial charge in [0.05, 0.1) is 13.2 Å². The van der Waals surface area contributed by atoms with Crippen LogP contribution in [0.2, 0.25) is 0 Å². The number of hydrogen-bond donors (Lipinski definition) is 4. The van der Waals surface area contributed by atoms with Crippen LogP contribution in [0.1, 0.15) is 24.0 Å². The Balaban J connectivity index is 1.65. The zero-order valence-electron chi connectivity index (χ0n) is 18.4. The van der Waals surface area contributed by atoms with Crippen molar-refractivity contribution in [1.82, 2.24) is 19.9 Å². The SMILES string of the molecule is Cc1ccc(CNc2nc3c(N[C@H](C)CO)nc(SCc4cccc(F)c4F)nc3[nH]c2=O)o1. The minimum absolute atomic E-state index is 0.0482. The number of nitrogens with zero attached hydrogens (tertiary/aromatic N) is 3. The molecule has 0 aliphatic rings. The van der Waals surface area contributed by atoms with E-state index >= 15 is 0 Å². The lowest BCUT2D eigenvalue weighted by atomic mass is 10.2. The van der Waals surface area contributed by atoms with Gasteiger partial charge in [-0.05, 0) is 32.0 Å². The number of fused-ring (bicyclic) bond motifs is 1. The van der Waals surface area contributed by atoms with E-state index in [1.807, 2.05) is 13.0 Å². The Labute approximate surface area is 197 Å². The van der Waals surface area contributed by atoms with Crippen LogP contribution in [0.5, 0.6) is 0 Å². The van der Waals surface area contributed by atoms with Crippen molar-refractivity contribution in [1.29, 1.82) is 0 Å². The third kappa shape index (κ3) is 5.34. The van der Waals surface area contributed by atoms with Crippen molar-refractivity contribution in [3.8, 4) is 0 Å². The highest BCUT2D eigenvalue weighted by Gasteiger charge is 2.16. The number of hydrogen-bond acceptors (Lipinski definition) is 9. The number of aliphatic hydroxyl groups excluding tert-OH is 1. The van der Waals surface area contributed by atoms with E-state index in [0.29, 0.717) is 5.76 Å². The Morgan fingerprint density at radius 1 is 1.18 bits per heavy atom. The average Bonchev–Trinajstić information content (AvgIpc) is 3.23. The maximum Gasteiger partial charge on any atom is 0.292 e. The molecule has 34 heavy (non-hydrogen) atoms. The minimum Gasteiger partial charge on any atom is -0.465 e. The standard InChI is InChI=1S/C22H22F2N6O3S/c1-11(9-31)26-18-17-19(28-21(32)20(27-17)25-8-14-7-6-12(2)33-14)30-22(29-18)34-10-13-4-3-5-15(23)16(13)24/h3-7,11,31H,8-10H2,1-2H3,(H,25,27)(H2,26,28,29,30,32)/t11-/m1/s1. The van der Waals surface area contributed by atoms with Gasteiger partial charge in [0.2, 0.25) is 0 Å². The quantitative estimate of drug-likeness (QED) is 0.206. The maximum atomic E-state index is 14.0. The third-order valence-electron chi connectivity index (χ3n) is 4.81. The van der Waals surface area contributed by atoms with Gasteiger partial charge in [-0.3, -0.25) is 4.79 Å². The largest absolute Gasteiger partial charge is 0.465 e. The van der Waals surface area contributed by atoms with Crippen molar-refractivity contribution in [2.75, 3.05) is 17.2 Å². The zero-order valence-corrected chi connectivity index (χ0v) is 19.2. The molecule has 4 N–H and O–H groups in total. The predicted molar refractivity (Wildman–Crippen MR) is 125 cm³/mol. The lowest BCUT2D eigenvalue weighted by Crippen LogP contribution is -2.22. The number of rotatable bonds is 9. The van der Waals surface area contributed by atoms with E-state index in [-0.39, 0.29) is 58.5 Å². The van der Waals surface area contributed by atoms with Gasteiger partial charge in [0.15, 0.2) is 39.6 Å². The van der Waals surface area contributed by atoms with E-state index in [0.717, 1.165) is 23.6 Å². The molecule has 178 valence electrons. The van der Waals surface area contributed by atoms with Crippen LogP contribution in [0.15, 0.2) is 44.7 Å². The smallest absolute Gasteiger partial charge is 0.292 e. The van der Waals surface area contributed by atoms with Crippen LogP contribution < -0.4 is 16.2 Å². The number of furan rings is 1. The molecule has 3 aromatic heterocycles. The van der Waals surface area contributed by atoms with Crippen molar-refractivity contribution in [2.45, 2.75) is 37.3 Å². The van der Waals surface area contributed by atoms with Gasteiger partial charge in [0.25, 0.3) is 5.56 Å². The molecule has 0 saturated heterocycles. The van der Waals surface area contributed by atoms with Gasteiger partial charge in [-0.2, -0.15) is 0 Å². The number of aryl methyl sites for hydroxylation is 1. The van der Waals surface area contributed by atoms with Gasteiger partial charge in [-0.25, -0.2) is 23.7 Å². The number of benzene rings is 1. The fourth-order valence-electron chi connectivity index (χ4n) is 3.07. The number of nitrogens with one attached hydrogen (secondary N) is 3. The fraction of sp³-hybridized carbons (Fsp3) is 0.273. The molecule has 3 heterocycles. The summed E-state index contributed by atoms with van der Waals surface area (Å²) in [5, 5.41) is 15.7. The molecule has 0 fully saturated rings. The summed E-state index contributed by atoms with van der Waals surface area (Å²) in [7, 11) is 0. The highest BCUT2D eigenvalue weighted by atomic mass is 32.2. The Kier molecular flexibility index (Phi) is 7.08. The van der Waals surface area contributed by atoms with Crippen molar-refractivity contribution in [3.05, 3.63) is 69.4 Å². The summed E-state index contributed by atoms with van der Waals surface area (Å²) in [6.07, 6.45) is 0. The summed E-state index contributed by atoms with van der Waals surface area (Å²) in [4.78, 5) is 28.4. The first kappa shape index (κ1) is 23.6. The van der Waals surface area contributed by atoms with E-state index in [1.165, 1.54) is 12.1 Å². The molecule has 9 nitrogen and oxygen atoms in total. The number of halogens is 2. The van der Waals surface area contributed by atoms with E-state index < -0.39 is 17.2 Å². The molecule has 12 heteroatoms. The van der Waals surface area contributed by atoms with Crippen molar-refractivity contribution in [3.63, 3.8) is 0 Å². The maximum absolute atomic E-state index is 14.0. The summed E-state index contributed by atoms with van der Waals surface area (Å²) >= 11 is 1.07. The molecule has 0 spiro atoms. The van der Waals surface area contributed by atoms with Gasteiger partial charge < -0.3 is 25.1 Å². The lowest BCUT2D eigenvalue weighted by Gasteiger charge is -2.14. The topological polar surface area (TPSA) is 129 Å². The summed E-state index contributed by atoms with van der Waals surface area (Å²) in [6.45, 7) is 3.64.